The van der Waals surface area contributed by atoms with Crippen LogP contribution in [0, 0.1) is 10.1 Å². The Morgan fingerprint density at radius 3 is 2.68 bits per heavy atom. The van der Waals surface area contributed by atoms with Gasteiger partial charge in [-0.05, 0) is 19.9 Å². The van der Waals surface area contributed by atoms with Crippen molar-refractivity contribution in [3.63, 3.8) is 0 Å². The van der Waals surface area contributed by atoms with Crippen LogP contribution in [0.1, 0.15) is 13.8 Å². The Morgan fingerprint density at radius 2 is 2.16 bits per heavy atom. The van der Waals surface area contributed by atoms with Crippen LogP contribution in [0.5, 0.6) is 5.75 Å². The van der Waals surface area contributed by atoms with Crippen LogP contribution in [-0.4, -0.2) is 30.5 Å². The first-order valence-electron chi connectivity index (χ1n) is 5.83. The van der Waals surface area contributed by atoms with Crippen LogP contribution in [0.25, 0.3) is 0 Å². The standard InChI is InChI=1S/C12H17N3O4/c1-8(2)19-11-6-9(14-7-12(16)13-3)4-5-10(11)15(17)18/h4-6,8,14H,7H2,1-3H3,(H,13,16). The van der Waals surface area contributed by atoms with Gasteiger partial charge in [0.05, 0.1) is 17.6 Å². The van der Waals surface area contributed by atoms with E-state index in [9.17, 15) is 14.9 Å². The molecule has 0 aliphatic carbocycles. The molecule has 0 saturated heterocycles. The molecule has 0 aliphatic rings. The maximum Gasteiger partial charge on any atom is 0.311 e. The van der Waals surface area contributed by atoms with Crippen molar-refractivity contribution in [2.45, 2.75) is 20.0 Å². The SMILES string of the molecule is CNC(=O)CNc1ccc([N+](=O)[O-])c(OC(C)C)c1. The number of carbonyl (C=O) groups is 1. The molecular weight excluding hydrogens is 250 g/mol. The van der Waals surface area contributed by atoms with E-state index in [1.165, 1.54) is 25.2 Å². The summed E-state index contributed by atoms with van der Waals surface area (Å²) in [5.74, 6) is 0.00610. The Kier molecular flexibility index (Phi) is 5.11. The average Bonchev–Trinajstić information content (AvgIpc) is 2.35. The summed E-state index contributed by atoms with van der Waals surface area (Å²) in [5, 5.41) is 16.2. The second-order valence-corrected chi connectivity index (χ2v) is 4.13. The molecule has 2 N–H and O–H groups in total. The molecule has 0 bridgehead atoms. The molecule has 0 saturated carbocycles. The van der Waals surface area contributed by atoms with E-state index >= 15 is 0 Å². The van der Waals surface area contributed by atoms with Gasteiger partial charge in [-0.3, -0.25) is 14.9 Å². The molecule has 1 aromatic rings. The first-order chi connectivity index (χ1) is 8.93. The highest BCUT2D eigenvalue weighted by Crippen LogP contribution is 2.30. The van der Waals surface area contributed by atoms with Crippen molar-refractivity contribution in [2.75, 3.05) is 18.9 Å². The summed E-state index contributed by atoms with van der Waals surface area (Å²) in [5.41, 5.74) is 0.490. The second kappa shape index (κ2) is 6.58. The van der Waals surface area contributed by atoms with Gasteiger partial charge in [0.1, 0.15) is 0 Å². The Bertz CT molecular complexity index is 474. The van der Waals surface area contributed by atoms with Gasteiger partial charge in [-0.25, -0.2) is 0 Å². The second-order valence-electron chi connectivity index (χ2n) is 4.13. The highest BCUT2D eigenvalue weighted by molar-refractivity contribution is 5.80. The van der Waals surface area contributed by atoms with Crippen molar-refractivity contribution in [1.82, 2.24) is 5.32 Å². The van der Waals surface area contributed by atoms with E-state index in [0.717, 1.165) is 0 Å². The fraction of sp³-hybridized carbons (Fsp3) is 0.417. The molecule has 1 aromatic carbocycles. The van der Waals surface area contributed by atoms with E-state index < -0.39 is 4.92 Å². The van der Waals surface area contributed by atoms with E-state index in [0.29, 0.717) is 5.69 Å². The van der Waals surface area contributed by atoms with Crippen LogP contribution in [0.2, 0.25) is 0 Å². The van der Waals surface area contributed by atoms with Crippen LogP contribution in [0.3, 0.4) is 0 Å². The number of nitrogens with one attached hydrogen (secondary N) is 2. The summed E-state index contributed by atoms with van der Waals surface area (Å²) in [6.45, 7) is 3.66. The van der Waals surface area contributed by atoms with Crippen molar-refractivity contribution in [3.05, 3.63) is 28.3 Å². The summed E-state index contributed by atoms with van der Waals surface area (Å²) < 4.78 is 5.40. The summed E-state index contributed by atoms with van der Waals surface area (Å²) in [6.07, 6.45) is -0.173. The molecule has 1 rings (SSSR count). The van der Waals surface area contributed by atoms with Gasteiger partial charge in [0.25, 0.3) is 0 Å². The molecule has 0 aliphatic heterocycles. The largest absolute Gasteiger partial charge is 0.484 e. The third kappa shape index (κ3) is 4.46. The molecule has 104 valence electrons. The summed E-state index contributed by atoms with van der Waals surface area (Å²) >= 11 is 0. The van der Waals surface area contributed by atoms with Crippen LogP contribution in [0.15, 0.2) is 18.2 Å². The van der Waals surface area contributed by atoms with Crippen molar-refractivity contribution in [3.8, 4) is 5.75 Å². The number of ether oxygens (including phenoxy) is 1. The quantitative estimate of drug-likeness (QED) is 0.602. The number of nitro groups is 1. The van der Waals surface area contributed by atoms with Gasteiger partial charge in [0, 0.05) is 24.9 Å². The number of amides is 1. The van der Waals surface area contributed by atoms with E-state index in [4.69, 9.17) is 4.74 Å². The van der Waals surface area contributed by atoms with Crippen molar-refractivity contribution in [2.24, 2.45) is 0 Å². The fourth-order valence-corrected chi connectivity index (χ4v) is 1.39. The van der Waals surface area contributed by atoms with Crippen LogP contribution < -0.4 is 15.4 Å². The van der Waals surface area contributed by atoms with Gasteiger partial charge >= 0.3 is 5.69 Å². The lowest BCUT2D eigenvalue weighted by Gasteiger charge is -2.12. The average molecular weight is 267 g/mol. The maximum absolute atomic E-state index is 11.1. The van der Waals surface area contributed by atoms with Crippen molar-refractivity contribution < 1.29 is 14.5 Å². The zero-order valence-corrected chi connectivity index (χ0v) is 11.1. The van der Waals surface area contributed by atoms with Gasteiger partial charge in [0.2, 0.25) is 5.91 Å². The fourth-order valence-electron chi connectivity index (χ4n) is 1.39. The summed E-state index contributed by atoms with van der Waals surface area (Å²) in [7, 11) is 1.53. The van der Waals surface area contributed by atoms with Crippen LogP contribution in [-0.2, 0) is 4.79 Å². The Hall–Kier alpha value is -2.31. The summed E-state index contributed by atoms with van der Waals surface area (Å²) in [6, 6.07) is 4.40. The lowest BCUT2D eigenvalue weighted by Crippen LogP contribution is -2.26. The number of likely N-dealkylation sites (N-methyl/N-ethyl adjacent to an activating group) is 1. The number of hydrogen-bond donors (Lipinski definition) is 2. The Balaban J connectivity index is 2.91. The zero-order chi connectivity index (χ0) is 14.4. The number of nitrogens with zero attached hydrogens (tertiary/aromatic N) is 1. The molecule has 0 fully saturated rings. The molecule has 7 heteroatoms. The predicted molar refractivity (Wildman–Crippen MR) is 71.4 cm³/mol. The molecule has 1 amide bonds. The number of nitro benzene ring substituents is 1. The van der Waals surface area contributed by atoms with E-state index in [1.807, 2.05) is 0 Å². The van der Waals surface area contributed by atoms with E-state index in [2.05, 4.69) is 10.6 Å². The molecule has 0 heterocycles. The predicted octanol–water partition coefficient (Wildman–Crippen LogP) is 1.54. The third-order valence-electron chi connectivity index (χ3n) is 2.25. The number of anilines is 1. The molecule has 19 heavy (non-hydrogen) atoms. The van der Waals surface area contributed by atoms with E-state index in [-0.39, 0.29) is 30.0 Å². The minimum absolute atomic E-state index is 0.0927. The Labute approximate surface area is 111 Å². The molecular formula is C12H17N3O4. The van der Waals surface area contributed by atoms with Gasteiger partial charge in [0.15, 0.2) is 5.75 Å². The van der Waals surface area contributed by atoms with Crippen molar-refractivity contribution >= 4 is 17.3 Å². The summed E-state index contributed by atoms with van der Waals surface area (Å²) in [4.78, 5) is 21.5. The molecule has 0 aromatic heterocycles. The highest BCUT2D eigenvalue weighted by atomic mass is 16.6. The molecule has 7 nitrogen and oxygen atoms in total. The number of benzene rings is 1. The number of hydrogen-bond acceptors (Lipinski definition) is 5. The monoisotopic (exact) mass is 267 g/mol. The van der Waals surface area contributed by atoms with Crippen molar-refractivity contribution in [1.29, 1.82) is 0 Å². The van der Waals surface area contributed by atoms with Gasteiger partial charge in [-0.2, -0.15) is 0 Å². The van der Waals surface area contributed by atoms with E-state index in [1.54, 1.807) is 13.8 Å². The van der Waals surface area contributed by atoms with Gasteiger partial charge < -0.3 is 15.4 Å². The topological polar surface area (TPSA) is 93.5 Å². The lowest BCUT2D eigenvalue weighted by molar-refractivity contribution is -0.386. The number of rotatable bonds is 6. The molecule has 0 unspecified atom stereocenters. The van der Waals surface area contributed by atoms with Crippen LogP contribution >= 0.6 is 0 Å². The van der Waals surface area contributed by atoms with Gasteiger partial charge in [-0.15, -0.1) is 0 Å². The normalized spacial score (nSPS) is 10.1. The zero-order valence-electron chi connectivity index (χ0n) is 11.1. The maximum atomic E-state index is 11.1. The molecule has 0 spiro atoms. The minimum Gasteiger partial charge on any atom is -0.484 e. The highest BCUT2D eigenvalue weighted by Gasteiger charge is 2.16. The first kappa shape index (κ1) is 14.7. The van der Waals surface area contributed by atoms with Crippen LogP contribution in [0.4, 0.5) is 11.4 Å². The number of carbonyl (C=O) groups excluding carboxylic acids is 1. The minimum atomic E-state index is -0.500. The lowest BCUT2D eigenvalue weighted by atomic mass is 10.2. The first-order valence-corrected chi connectivity index (χ1v) is 5.83. The smallest absolute Gasteiger partial charge is 0.311 e. The third-order valence-corrected chi connectivity index (χ3v) is 2.25. The molecule has 0 radical (unpaired) electrons. The molecule has 0 atom stereocenters. The van der Waals surface area contributed by atoms with Gasteiger partial charge in [-0.1, -0.05) is 0 Å². The Morgan fingerprint density at radius 1 is 1.47 bits per heavy atom.